The van der Waals surface area contributed by atoms with Crippen LogP contribution in [0.15, 0.2) is 42.5 Å². The molecule has 57 heavy (non-hydrogen) atoms. The van der Waals surface area contributed by atoms with Crippen LogP contribution in [0.4, 0.5) is 0 Å². The van der Waals surface area contributed by atoms with Crippen LogP contribution in [0.5, 0.6) is 5.75 Å². The number of benzene rings is 2. The highest BCUT2D eigenvalue weighted by Gasteiger charge is 2.35. The van der Waals surface area contributed by atoms with Crippen LogP contribution in [0.1, 0.15) is 49.7 Å². The van der Waals surface area contributed by atoms with Gasteiger partial charge in [0.15, 0.2) is 0 Å². The molecule has 5 atom stereocenters. The summed E-state index contributed by atoms with van der Waals surface area (Å²) in [6.07, 6.45) is 3.19. The average molecular weight is 795 g/mol. The van der Waals surface area contributed by atoms with Crippen LogP contribution >= 0.6 is 0 Å². The molecule has 16 heteroatoms. The van der Waals surface area contributed by atoms with Gasteiger partial charge in [-0.1, -0.05) is 30.3 Å². The van der Waals surface area contributed by atoms with Gasteiger partial charge in [0.05, 0.1) is 12.1 Å². The molecular formula is C41H66N10O6. The molecule has 4 bridgehead atoms. The predicted molar refractivity (Wildman–Crippen MR) is 223 cm³/mol. The summed E-state index contributed by atoms with van der Waals surface area (Å²) in [5.74, 6) is -1.76. The average Bonchev–Trinajstić information content (AvgIpc) is 3.21. The maximum atomic E-state index is 14.4. The molecule has 1 aliphatic heterocycles. The number of carbonyl (C=O) groups is 5. The van der Waals surface area contributed by atoms with E-state index in [1.54, 1.807) is 33.3 Å². The second kappa shape index (κ2) is 24.9. The first-order chi connectivity index (χ1) is 27.5. The van der Waals surface area contributed by atoms with Crippen molar-refractivity contribution in [3.05, 3.63) is 53.6 Å². The van der Waals surface area contributed by atoms with Gasteiger partial charge >= 0.3 is 0 Å². The van der Waals surface area contributed by atoms with Crippen LogP contribution in [0.25, 0.3) is 11.1 Å². The molecule has 0 aliphatic carbocycles. The summed E-state index contributed by atoms with van der Waals surface area (Å²) in [5.41, 5.74) is 3.02. The summed E-state index contributed by atoms with van der Waals surface area (Å²) >= 11 is 0. The lowest BCUT2D eigenvalue weighted by molar-refractivity contribution is -0.143. The van der Waals surface area contributed by atoms with Crippen molar-refractivity contribution >= 4 is 29.5 Å². The normalized spacial score (nSPS) is 18.4. The summed E-state index contributed by atoms with van der Waals surface area (Å²) in [5, 5.41) is 37.7. The van der Waals surface area contributed by atoms with Crippen molar-refractivity contribution in [1.29, 1.82) is 0 Å². The number of aromatic hydroxyl groups is 1. The number of fused-ring (bicyclic) bond motifs is 5. The Morgan fingerprint density at radius 3 is 2.14 bits per heavy atom. The van der Waals surface area contributed by atoms with Gasteiger partial charge in [-0.2, -0.15) is 0 Å². The highest BCUT2D eigenvalue weighted by Crippen LogP contribution is 2.28. The number of amides is 5. The molecule has 2 aromatic carbocycles. The van der Waals surface area contributed by atoms with Gasteiger partial charge in [0, 0.05) is 39.5 Å². The van der Waals surface area contributed by atoms with Crippen LogP contribution in [-0.2, 0) is 36.8 Å². The lowest BCUT2D eigenvalue weighted by atomic mass is 9.95. The number of hydrogen-bond donors (Lipinski definition) is 10. The van der Waals surface area contributed by atoms with Crippen LogP contribution in [0.3, 0.4) is 0 Å². The van der Waals surface area contributed by atoms with E-state index in [0.29, 0.717) is 76.8 Å². The number of phenolic OH excluding ortho intramolecular Hbond substituents is 1. The third kappa shape index (κ3) is 14.7. The smallest absolute Gasteiger partial charge is 0.245 e. The van der Waals surface area contributed by atoms with Crippen molar-refractivity contribution in [2.75, 3.05) is 75.0 Å². The molecule has 0 saturated heterocycles. The van der Waals surface area contributed by atoms with Gasteiger partial charge in [0.1, 0.15) is 23.9 Å². The second-order valence-corrected chi connectivity index (χ2v) is 14.5. The Labute approximate surface area is 337 Å². The minimum Gasteiger partial charge on any atom is -0.508 e. The fraction of sp³-hybridized carbons (Fsp3) is 0.585. The summed E-state index contributed by atoms with van der Waals surface area (Å²) in [7, 11) is 10.4. The van der Waals surface area contributed by atoms with E-state index in [2.05, 4.69) is 47.9 Å². The van der Waals surface area contributed by atoms with Crippen LogP contribution in [-0.4, -0.2) is 145 Å². The Morgan fingerprint density at radius 2 is 1.44 bits per heavy atom. The summed E-state index contributed by atoms with van der Waals surface area (Å²) in [6, 6.07) is 8.88. The molecule has 0 spiro atoms. The van der Waals surface area contributed by atoms with Crippen molar-refractivity contribution in [2.45, 2.75) is 81.6 Å². The van der Waals surface area contributed by atoms with Gasteiger partial charge in [-0.25, -0.2) is 0 Å². The summed E-state index contributed by atoms with van der Waals surface area (Å²) < 4.78 is 0. The zero-order valence-corrected chi connectivity index (χ0v) is 34.6. The quantitative estimate of drug-likeness (QED) is 0.0718. The first kappa shape index (κ1) is 46.8. The second-order valence-electron chi connectivity index (χ2n) is 14.5. The van der Waals surface area contributed by atoms with Crippen molar-refractivity contribution in [1.82, 2.24) is 52.8 Å². The molecule has 5 amide bonds. The topological polar surface area (TPSA) is 217 Å². The van der Waals surface area contributed by atoms with Gasteiger partial charge < -0.3 is 57.9 Å². The highest BCUT2D eigenvalue weighted by atomic mass is 16.3. The van der Waals surface area contributed by atoms with Gasteiger partial charge in [-0.05, 0) is 121 Å². The van der Waals surface area contributed by atoms with Crippen LogP contribution < -0.4 is 47.9 Å². The van der Waals surface area contributed by atoms with Crippen molar-refractivity contribution in [3.8, 4) is 16.9 Å². The molecule has 1 heterocycles. The molecule has 0 aromatic heterocycles. The number of nitrogens with one attached hydrogen (secondary N) is 9. The van der Waals surface area contributed by atoms with Crippen LogP contribution in [0, 0.1) is 0 Å². The molecule has 0 radical (unpaired) electrons. The molecule has 316 valence electrons. The molecule has 1 aliphatic rings. The van der Waals surface area contributed by atoms with Gasteiger partial charge in [0.2, 0.25) is 29.5 Å². The molecule has 16 nitrogen and oxygen atoms in total. The summed E-state index contributed by atoms with van der Waals surface area (Å²) in [4.78, 5) is 70.2. The Balaban J connectivity index is 1.93. The standard InChI is InChI=1S/C41H66N10O6/c1-42-18-8-14-32(38(54)47-20-10-13-31(45-4)37(53)48-22-21-44-3)49-40(56)35-24-27-11-7-12-28(23-27)29-16-17-36(52)30(25-29)26-34(46-5)39(55)50-33(15-9-19-43-2)41(57)51(35)6/h7,11-12,16-17,23,25,31-35,42-46,52H,8-10,13-15,18-22,24,26H2,1-6H3,(H,47,54)(H,48,53)(H,49,56)(H,50,55)/t31-,32+,33-,34-,35-/m0/s1. The zero-order chi connectivity index (χ0) is 41.7. The third-order valence-electron chi connectivity index (χ3n) is 10.4. The van der Waals surface area contributed by atoms with E-state index in [0.717, 1.165) is 16.7 Å². The maximum absolute atomic E-state index is 14.4. The molecule has 0 fully saturated rings. The Bertz CT molecular complexity index is 1610. The van der Waals surface area contributed by atoms with E-state index in [4.69, 9.17) is 0 Å². The molecule has 2 aromatic rings. The monoisotopic (exact) mass is 795 g/mol. The number of phenols is 1. The van der Waals surface area contributed by atoms with Crippen molar-refractivity contribution in [3.63, 3.8) is 0 Å². The zero-order valence-electron chi connectivity index (χ0n) is 34.6. The van der Waals surface area contributed by atoms with Gasteiger partial charge in [-0.15, -0.1) is 0 Å². The maximum Gasteiger partial charge on any atom is 0.245 e. The molecule has 0 saturated carbocycles. The number of nitrogens with zero attached hydrogens (tertiary/aromatic N) is 1. The molecule has 3 rings (SSSR count). The first-order valence-electron chi connectivity index (χ1n) is 20.1. The molecule has 0 unspecified atom stereocenters. The minimum absolute atomic E-state index is 0.0593. The van der Waals surface area contributed by atoms with Crippen molar-refractivity contribution < 1.29 is 29.1 Å². The number of rotatable bonds is 21. The van der Waals surface area contributed by atoms with E-state index in [9.17, 15) is 29.1 Å². The van der Waals surface area contributed by atoms with Gasteiger partial charge in [0.25, 0.3) is 0 Å². The lowest BCUT2D eigenvalue weighted by Crippen LogP contribution is -2.59. The Kier molecular flexibility index (Phi) is 20.4. The van der Waals surface area contributed by atoms with Crippen molar-refractivity contribution in [2.24, 2.45) is 0 Å². The highest BCUT2D eigenvalue weighted by molar-refractivity contribution is 5.95. The predicted octanol–water partition coefficient (Wildman–Crippen LogP) is -0.638. The van der Waals surface area contributed by atoms with E-state index < -0.39 is 47.9 Å². The van der Waals surface area contributed by atoms with E-state index in [1.807, 2.05) is 51.5 Å². The SMILES string of the molecule is CNCCC[C@@H]1NC(=O)[C@@H](NC)Cc2cc(ccc2O)-c2cccc(c2)C[C@@H](C(=O)N[C@H](CCCNC)C(=O)NCCC[C@H](NC)C(=O)NCCNC)N(C)C1=O. The molecule has 10 N–H and O–H groups in total. The van der Waals surface area contributed by atoms with E-state index >= 15 is 0 Å². The third-order valence-corrected chi connectivity index (χ3v) is 10.4. The first-order valence-corrected chi connectivity index (χ1v) is 20.1. The number of carbonyl (C=O) groups excluding carboxylic acids is 5. The number of likely N-dealkylation sites (N-methyl/N-ethyl adjacent to an activating group) is 4. The number of hydrogen-bond acceptors (Lipinski definition) is 11. The minimum atomic E-state index is -1.03. The molecular weight excluding hydrogens is 729 g/mol. The Morgan fingerprint density at radius 1 is 0.789 bits per heavy atom. The van der Waals surface area contributed by atoms with E-state index in [1.165, 1.54) is 4.90 Å². The fourth-order valence-corrected chi connectivity index (χ4v) is 6.89. The lowest BCUT2D eigenvalue weighted by Gasteiger charge is -2.32. The fourth-order valence-electron chi connectivity index (χ4n) is 6.89. The van der Waals surface area contributed by atoms with Crippen LogP contribution in [0.2, 0.25) is 0 Å². The summed E-state index contributed by atoms with van der Waals surface area (Å²) in [6.45, 7) is 2.70. The Hall–Kier alpha value is -4.61. The van der Waals surface area contributed by atoms with Gasteiger partial charge in [-0.3, -0.25) is 24.0 Å². The van der Waals surface area contributed by atoms with E-state index in [-0.39, 0.29) is 30.4 Å². The largest absolute Gasteiger partial charge is 0.508 e.